The number of anilines is 1. The Morgan fingerprint density at radius 3 is 2.60 bits per heavy atom. The molecule has 1 fully saturated rings. The topological polar surface area (TPSA) is 39.7 Å². The number of benzene rings is 2. The van der Waals surface area contributed by atoms with Crippen molar-refractivity contribution >= 4 is 11.6 Å². The van der Waals surface area contributed by atoms with Crippen LogP contribution in [0.15, 0.2) is 79.1 Å². The van der Waals surface area contributed by atoms with Crippen LogP contribution in [0.4, 0.5) is 5.69 Å². The van der Waals surface area contributed by atoms with Crippen molar-refractivity contribution in [2.75, 3.05) is 31.1 Å². The van der Waals surface area contributed by atoms with Crippen LogP contribution < -0.4 is 4.90 Å². The molecule has 1 saturated heterocycles. The van der Waals surface area contributed by atoms with E-state index in [4.69, 9.17) is 0 Å². The van der Waals surface area contributed by atoms with Gasteiger partial charge in [-0.05, 0) is 29.3 Å². The van der Waals surface area contributed by atoms with Gasteiger partial charge in [0.05, 0.1) is 11.6 Å². The van der Waals surface area contributed by atoms with E-state index in [0.717, 1.165) is 26.2 Å². The zero-order chi connectivity index (χ0) is 20.3. The molecule has 2 aliphatic rings. The molecule has 0 bridgehead atoms. The summed E-state index contributed by atoms with van der Waals surface area (Å²) in [5.41, 5.74) is 4.47. The molecule has 0 aliphatic carbocycles. The number of pyridine rings is 1. The lowest BCUT2D eigenvalue weighted by Gasteiger charge is -2.43. The van der Waals surface area contributed by atoms with Gasteiger partial charge in [0.15, 0.2) is 0 Å². The molecular weight excluding hydrogens is 372 g/mol. The Morgan fingerprint density at radius 1 is 0.933 bits per heavy atom. The molecule has 5 rings (SSSR count). The third-order valence-electron chi connectivity index (χ3n) is 6.10. The molecule has 5 nitrogen and oxygen atoms in total. The second-order valence-corrected chi connectivity index (χ2v) is 8.12. The number of piperazine rings is 1. The Balaban J connectivity index is 1.41. The van der Waals surface area contributed by atoms with Crippen molar-refractivity contribution in [2.24, 2.45) is 0 Å². The Bertz CT molecular complexity index is 1010. The predicted octanol–water partition coefficient (Wildman–Crippen LogP) is 3.43. The number of fused-ring (bicyclic) bond motifs is 3. The summed E-state index contributed by atoms with van der Waals surface area (Å²) in [5, 5.41) is 0. The molecule has 5 heteroatoms. The standard InChI is InChI=1S/C25H26N4O/c30-25(21-10-6-12-26-15-21)28-17-22-9-4-5-11-24(22)29-14-13-27(18-23(29)19-28)16-20-7-2-1-3-8-20/h1-12,15,23H,13-14,16-19H2. The summed E-state index contributed by atoms with van der Waals surface area (Å²) in [5.74, 6) is 0.0555. The number of carbonyl (C=O) groups is 1. The highest BCUT2D eigenvalue weighted by Gasteiger charge is 2.34. The van der Waals surface area contributed by atoms with Crippen molar-refractivity contribution < 1.29 is 4.79 Å². The van der Waals surface area contributed by atoms with Gasteiger partial charge in [0.2, 0.25) is 0 Å². The highest BCUT2D eigenvalue weighted by atomic mass is 16.2. The minimum atomic E-state index is 0.0555. The first-order valence-corrected chi connectivity index (χ1v) is 10.6. The molecule has 1 unspecified atom stereocenters. The van der Waals surface area contributed by atoms with E-state index in [1.807, 2.05) is 17.0 Å². The maximum Gasteiger partial charge on any atom is 0.255 e. The van der Waals surface area contributed by atoms with Crippen LogP contribution in [-0.4, -0.2) is 52.9 Å². The highest BCUT2D eigenvalue weighted by Crippen LogP contribution is 2.30. The Labute approximate surface area is 177 Å². The first-order chi connectivity index (χ1) is 14.8. The van der Waals surface area contributed by atoms with Gasteiger partial charge in [0, 0.05) is 57.3 Å². The maximum atomic E-state index is 13.3. The lowest BCUT2D eigenvalue weighted by atomic mass is 10.1. The van der Waals surface area contributed by atoms with Crippen molar-refractivity contribution in [1.29, 1.82) is 0 Å². The molecule has 3 aromatic rings. The third kappa shape index (κ3) is 3.81. The van der Waals surface area contributed by atoms with Gasteiger partial charge in [-0.3, -0.25) is 14.7 Å². The molecule has 0 saturated carbocycles. The van der Waals surface area contributed by atoms with Gasteiger partial charge in [-0.15, -0.1) is 0 Å². The van der Waals surface area contributed by atoms with E-state index >= 15 is 0 Å². The minimum absolute atomic E-state index is 0.0555. The van der Waals surface area contributed by atoms with E-state index in [0.29, 0.717) is 18.7 Å². The molecule has 0 spiro atoms. The lowest BCUT2D eigenvalue weighted by Crippen LogP contribution is -2.56. The van der Waals surface area contributed by atoms with E-state index in [-0.39, 0.29) is 11.9 Å². The number of rotatable bonds is 3. The minimum Gasteiger partial charge on any atom is -0.364 e. The Morgan fingerprint density at radius 2 is 1.77 bits per heavy atom. The second kappa shape index (κ2) is 8.28. The van der Waals surface area contributed by atoms with Gasteiger partial charge < -0.3 is 9.80 Å². The molecule has 0 N–H and O–H groups in total. The van der Waals surface area contributed by atoms with Gasteiger partial charge in [-0.25, -0.2) is 0 Å². The first-order valence-electron chi connectivity index (χ1n) is 10.6. The first kappa shape index (κ1) is 18.8. The van der Waals surface area contributed by atoms with E-state index < -0.39 is 0 Å². The summed E-state index contributed by atoms with van der Waals surface area (Å²) in [7, 11) is 0. The van der Waals surface area contributed by atoms with Crippen molar-refractivity contribution in [3.8, 4) is 0 Å². The smallest absolute Gasteiger partial charge is 0.255 e. The van der Waals surface area contributed by atoms with Crippen LogP contribution in [0.2, 0.25) is 0 Å². The highest BCUT2D eigenvalue weighted by molar-refractivity contribution is 5.94. The van der Waals surface area contributed by atoms with E-state index in [9.17, 15) is 4.79 Å². The van der Waals surface area contributed by atoms with E-state index in [1.54, 1.807) is 12.4 Å². The quantitative estimate of drug-likeness (QED) is 0.678. The number of carbonyl (C=O) groups excluding carboxylic acids is 1. The Hall–Kier alpha value is -3.18. The van der Waals surface area contributed by atoms with Crippen molar-refractivity contribution in [3.63, 3.8) is 0 Å². The second-order valence-electron chi connectivity index (χ2n) is 8.12. The van der Waals surface area contributed by atoms with Gasteiger partial charge in [-0.1, -0.05) is 48.5 Å². The molecule has 2 aliphatic heterocycles. The van der Waals surface area contributed by atoms with Gasteiger partial charge in [0.25, 0.3) is 5.91 Å². The van der Waals surface area contributed by atoms with Crippen LogP contribution in [0.25, 0.3) is 0 Å². The summed E-state index contributed by atoms with van der Waals surface area (Å²) in [4.78, 5) is 24.4. The summed E-state index contributed by atoms with van der Waals surface area (Å²) < 4.78 is 0. The van der Waals surface area contributed by atoms with Crippen LogP contribution in [0.5, 0.6) is 0 Å². The number of hydrogen-bond donors (Lipinski definition) is 0. The van der Waals surface area contributed by atoms with Crippen LogP contribution in [-0.2, 0) is 13.1 Å². The molecule has 0 radical (unpaired) electrons. The number of para-hydroxylation sites is 1. The molecule has 3 heterocycles. The fraction of sp³-hybridized carbons (Fsp3) is 0.280. The summed E-state index contributed by atoms with van der Waals surface area (Å²) in [6.45, 7) is 5.24. The third-order valence-corrected chi connectivity index (χ3v) is 6.10. The summed E-state index contributed by atoms with van der Waals surface area (Å²) >= 11 is 0. The van der Waals surface area contributed by atoms with Crippen molar-refractivity contribution in [2.45, 2.75) is 19.1 Å². The van der Waals surface area contributed by atoms with Gasteiger partial charge in [0.1, 0.15) is 0 Å². The van der Waals surface area contributed by atoms with E-state index in [2.05, 4.69) is 69.4 Å². The number of amides is 1. The van der Waals surface area contributed by atoms with Gasteiger partial charge >= 0.3 is 0 Å². The number of hydrogen-bond acceptors (Lipinski definition) is 4. The zero-order valence-electron chi connectivity index (χ0n) is 17.0. The fourth-order valence-electron chi connectivity index (χ4n) is 4.65. The zero-order valence-corrected chi connectivity index (χ0v) is 17.0. The Kier molecular flexibility index (Phi) is 5.20. The lowest BCUT2D eigenvalue weighted by molar-refractivity contribution is 0.0718. The van der Waals surface area contributed by atoms with E-state index in [1.165, 1.54) is 16.8 Å². The molecule has 1 aromatic heterocycles. The van der Waals surface area contributed by atoms with Crippen LogP contribution >= 0.6 is 0 Å². The SMILES string of the molecule is O=C(c1cccnc1)N1Cc2ccccc2N2CCN(Cc3ccccc3)CC2C1. The maximum absolute atomic E-state index is 13.3. The molecule has 1 atom stereocenters. The number of nitrogens with zero attached hydrogens (tertiary/aromatic N) is 4. The van der Waals surface area contributed by atoms with Gasteiger partial charge in [-0.2, -0.15) is 0 Å². The molecular formula is C25H26N4O. The predicted molar refractivity (Wildman–Crippen MR) is 118 cm³/mol. The number of aromatic nitrogens is 1. The molecule has 152 valence electrons. The normalized spacial score (nSPS) is 19.0. The van der Waals surface area contributed by atoms with Crippen LogP contribution in [0.1, 0.15) is 21.5 Å². The fourth-order valence-corrected chi connectivity index (χ4v) is 4.65. The van der Waals surface area contributed by atoms with Crippen LogP contribution in [0, 0.1) is 0 Å². The van der Waals surface area contributed by atoms with Crippen molar-refractivity contribution in [3.05, 3.63) is 95.8 Å². The summed E-state index contributed by atoms with van der Waals surface area (Å²) in [6.07, 6.45) is 3.37. The summed E-state index contributed by atoms with van der Waals surface area (Å²) in [6, 6.07) is 23.1. The molecule has 1 amide bonds. The van der Waals surface area contributed by atoms with Crippen molar-refractivity contribution in [1.82, 2.24) is 14.8 Å². The average molecular weight is 399 g/mol. The average Bonchev–Trinajstić information content (AvgIpc) is 2.96. The van der Waals surface area contributed by atoms with Crippen LogP contribution in [0.3, 0.4) is 0 Å². The molecule has 30 heavy (non-hydrogen) atoms. The monoisotopic (exact) mass is 398 g/mol. The largest absolute Gasteiger partial charge is 0.364 e. The molecule has 2 aromatic carbocycles.